The van der Waals surface area contributed by atoms with Gasteiger partial charge in [-0.15, -0.1) is 0 Å². The molecule has 15 heteroatoms. The van der Waals surface area contributed by atoms with Crippen molar-refractivity contribution in [2.24, 2.45) is 23.5 Å². The lowest BCUT2D eigenvalue weighted by Crippen LogP contribution is -2.60. The van der Waals surface area contributed by atoms with E-state index in [0.717, 1.165) is 0 Å². The van der Waals surface area contributed by atoms with Crippen LogP contribution in [0.2, 0.25) is 0 Å². The van der Waals surface area contributed by atoms with Crippen LogP contribution in [0.3, 0.4) is 0 Å². The summed E-state index contributed by atoms with van der Waals surface area (Å²) in [6, 6.07) is -6.65. The number of carbonyl (C=O) groups is 7. The van der Waals surface area contributed by atoms with E-state index in [0.29, 0.717) is 12.8 Å². The van der Waals surface area contributed by atoms with Crippen molar-refractivity contribution in [1.29, 1.82) is 0 Å². The molecular weight excluding hydrogens is 554 g/mol. The van der Waals surface area contributed by atoms with Gasteiger partial charge in [0.15, 0.2) is 0 Å². The molecule has 42 heavy (non-hydrogen) atoms. The van der Waals surface area contributed by atoms with Crippen LogP contribution in [0.4, 0.5) is 0 Å². The number of hydrogen-bond acceptors (Lipinski definition) is 8. The summed E-state index contributed by atoms with van der Waals surface area (Å²) in [5, 5.41) is 37.4. The van der Waals surface area contributed by atoms with Crippen LogP contribution >= 0.6 is 0 Å². The minimum absolute atomic E-state index is 0.0578. The molecule has 0 aliphatic heterocycles. The summed E-state index contributed by atoms with van der Waals surface area (Å²) in [7, 11) is 0. The molecule has 15 nitrogen and oxygen atoms in total. The Kier molecular flexibility index (Phi) is 17.0. The van der Waals surface area contributed by atoms with Crippen molar-refractivity contribution >= 4 is 41.5 Å². The third kappa shape index (κ3) is 13.7. The smallest absolute Gasteiger partial charge is 0.326 e. The molecule has 240 valence electrons. The first-order valence-electron chi connectivity index (χ1n) is 14.1. The largest absolute Gasteiger partial charge is 0.481 e. The minimum Gasteiger partial charge on any atom is -0.481 e. The second kappa shape index (κ2) is 18.6. The predicted molar refractivity (Wildman–Crippen MR) is 151 cm³/mol. The summed E-state index contributed by atoms with van der Waals surface area (Å²) in [6.07, 6.45) is -0.762. The lowest BCUT2D eigenvalue weighted by atomic mass is 9.96. The molecule has 0 aromatic carbocycles. The van der Waals surface area contributed by atoms with Crippen LogP contribution in [0, 0.1) is 17.8 Å². The van der Waals surface area contributed by atoms with Gasteiger partial charge in [-0.1, -0.05) is 54.4 Å². The number of carboxylic acids is 3. The van der Waals surface area contributed by atoms with Gasteiger partial charge in [-0.3, -0.25) is 28.8 Å². The van der Waals surface area contributed by atoms with E-state index >= 15 is 0 Å². The van der Waals surface area contributed by atoms with Crippen molar-refractivity contribution < 1.29 is 48.9 Å². The molecule has 0 bridgehead atoms. The van der Waals surface area contributed by atoms with E-state index in [9.17, 15) is 43.8 Å². The lowest BCUT2D eigenvalue weighted by Gasteiger charge is -2.28. The van der Waals surface area contributed by atoms with Gasteiger partial charge in [0.2, 0.25) is 23.6 Å². The molecule has 0 aromatic heterocycles. The van der Waals surface area contributed by atoms with Gasteiger partial charge in [0.1, 0.15) is 24.2 Å². The van der Waals surface area contributed by atoms with E-state index in [-0.39, 0.29) is 18.3 Å². The van der Waals surface area contributed by atoms with E-state index in [2.05, 4.69) is 21.3 Å². The summed E-state index contributed by atoms with van der Waals surface area (Å²) in [4.78, 5) is 86.3. The molecular formula is C27H47N5O10. The molecule has 0 aliphatic carbocycles. The van der Waals surface area contributed by atoms with E-state index < -0.39 is 96.9 Å². The van der Waals surface area contributed by atoms with Crippen molar-refractivity contribution in [3.05, 3.63) is 0 Å². The fraction of sp³-hybridized carbons (Fsp3) is 0.741. The van der Waals surface area contributed by atoms with Crippen molar-refractivity contribution in [3.8, 4) is 0 Å². The Morgan fingerprint density at radius 3 is 1.60 bits per heavy atom. The summed E-state index contributed by atoms with van der Waals surface area (Å²) in [6.45, 7) is 10.4. The number of nitrogens with one attached hydrogen (secondary N) is 4. The highest BCUT2D eigenvalue weighted by Crippen LogP contribution is 2.12. The summed E-state index contributed by atoms with van der Waals surface area (Å²) in [5.41, 5.74) is 5.89. The van der Waals surface area contributed by atoms with Gasteiger partial charge in [-0.05, 0) is 30.6 Å². The average molecular weight is 602 g/mol. The van der Waals surface area contributed by atoms with Crippen LogP contribution in [0.5, 0.6) is 0 Å². The van der Waals surface area contributed by atoms with Crippen molar-refractivity contribution in [3.63, 3.8) is 0 Å². The van der Waals surface area contributed by atoms with E-state index in [4.69, 9.17) is 10.8 Å². The van der Waals surface area contributed by atoms with Crippen molar-refractivity contribution in [2.45, 2.75) is 110 Å². The Morgan fingerprint density at radius 1 is 0.643 bits per heavy atom. The van der Waals surface area contributed by atoms with Gasteiger partial charge in [-0.2, -0.15) is 0 Å². The van der Waals surface area contributed by atoms with Gasteiger partial charge in [-0.25, -0.2) is 4.79 Å². The first-order chi connectivity index (χ1) is 19.4. The van der Waals surface area contributed by atoms with Gasteiger partial charge in [0.05, 0.1) is 12.5 Å². The summed E-state index contributed by atoms with van der Waals surface area (Å²) in [5.74, 6) is -8.36. The minimum atomic E-state index is -1.63. The molecule has 0 saturated heterocycles. The molecule has 4 amide bonds. The number of carbonyl (C=O) groups excluding carboxylic acids is 4. The highest BCUT2D eigenvalue weighted by molar-refractivity contribution is 5.96. The molecule has 0 spiro atoms. The fourth-order valence-corrected chi connectivity index (χ4v) is 3.88. The Morgan fingerprint density at radius 2 is 1.14 bits per heavy atom. The quantitative estimate of drug-likeness (QED) is 0.0907. The zero-order valence-corrected chi connectivity index (χ0v) is 25.1. The van der Waals surface area contributed by atoms with E-state index in [1.807, 2.05) is 0 Å². The fourth-order valence-electron chi connectivity index (χ4n) is 3.88. The Bertz CT molecular complexity index is 973. The van der Waals surface area contributed by atoms with Gasteiger partial charge >= 0.3 is 17.9 Å². The second-order valence-electron chi connectivity index (χ2n) is 11.0. The molecule has 0 aliphatic rings. The monoisotopic (exact) mass is 601 g/mol. The van der Waals surface area contributed by atoms with Crippen LogP contribution in [-0.4, -0.2) is 87.1 Å². The maximum atomic E-state index is 13.3. The Hall–Kier alpha value is -3.75. The van der Waals surface area contributed by atoms with Crippen LogP contribution in [0.1, 0.15) is 80.1 Å². The van der Waals surface area contributed by atoms with Crippen LogP contribution in [0.25, 0.3) is 0 Å². The molecule has 0 aromatic rings. The van der Waals surface area contributed by atoms with E-state index in [1.165, 1.54) is 0 Å². The lowest BCUT2D eigenvalue weighted by molar-refractivity contribution is -0.143. The Labute approximate surface area is 245 Å². The zero-order chi connectivity index (χ0) is 32.7. The molecule has 0 radical (unpaired) electrons. The first-order valence-corrected chi connectivity index (χ1v) is 14.1. The summed E-state index contributed by atoms with van der Waals surface area (Å²) < 4.78 is 0. The predicted octanol–water partition coefficient (Wildman–Crippen LogP) is -0.185. The number of amides is 4. The van der Waals surface area contributed by atoms with Crippen molar-refractivity contribution in [1.82, 2.24) is 21.3 Å². The highest BCUT2D eigenvalue weighted by Gasteiger charge is 2.34. The molecule has 7 atom stereocenters. The number of aliphatic carboxylic acids is 3. The molecule has 0 rings (SSSR count). The molecule has 0 saturated carbocycles. The molecule has 0 unspecified atom stereocenters. The standard InChI is InChI=1S/C27H47N5O10/c1-7-14(5)21(28)25(39)30-17(12-20(35)36)24(38)29-16(9-10-19(33)34)23(37)32-22(15(6)8-2)26(40)31-18(27(41)42)11-13(3)4/h13-18,21-22H,7-12,28H2,1-6H3,(H,29,38)(H,30,39)(H,31,40)(H,32,37)(H,33,34)(H,35,36)(H,41,42)/t14-,15-,16-,17-,18-,21-,22-/m0/s1. The van der Waals surface area contributed by atoms with Crippen LogP contribution < -0.4 is 27.0 Å². The Balaban J connectivity index is 6.03. The topological polar surface area (TPSA) is 254 Å². The summed E-state index contributed by atoms with van der Waals surface area (Å²) >= 11 is 0. The van der Waals surface area contributed by atoms with Gasteiger partial charge in [0.25, 0.3) is 0 Å². The number of carboxylic acid groups (broad SMARTS) is 3. The SMILES string of the molecule is CC[C@H](C)[C@H](N)C(=O)N[C@@H](CC(=O)O)C(=O)N[C@@H](CCC(=O)O)C(=O)N[C@H](C(=O)N[C@@H](CC(C)C)C(=O)O)[C@@H](C)CC. The highest BCUT2D eigenvalue weighted by atomic mass is 16.4. The normalized spacial score (nSPS) is 16.1. The maximum absolute atomic E-state index is 13.3. The average Bonchev–Trinajstić information content (AvgIpc) is 2.90. The third-order valence-corrected chi connectivity index (χ3v) is 6.97. The third-order valence-electron chi connectivity index (χ3n) is 6.97. The number of hydrogen-bond donors (Lipinski definition) is 8. The zero-order valence-electron chi connectivity index (χ0n) is 25.1. The number of rotatable bonds is 20. The van der Waals surface area contributed by atoms with Crippen molar-refractivity contribution in [2.75, 3.05) is 0 Å². The first kappa shape index (κ1) is 38.2. The number of nitrogens with two attached hydrogens (primary N) is 1. The van der Waals surface area contributed by atoms with Crippen LogP contribution in [-0.2, 0) is 33.6 Å². The second-order valence-corrected chi connectivity index (χ2v) is 11.0. The molecule has 0 fully saturated rings. The maximum Gasteiger partial charge on any atom is 0.326 e. The molecule has 9 N–H and O–H groups in total. The molecule has 0 heterocycles. The van der Waals surface area contributed by atoms with Crippen LogP contribution in [0.15, 0.2) is 0 Å². The van der Waals surface area contributed by atoms with Gasteiger partial charge in [0, 0.05) is 6.42 Å². The van der Waals surface area contributed by atoms with Gasteiger partial charge < -0.3 is 42.3 Å². The van der Waals surface area contributed by atoms with E-state index in [1.54, 1.807) is 41.5 Å².